The topological polar surface area (TPSA) is 107 Å². The van der Waals surface area contributed by atoms with Crippen molar-refractivity contribution >= 4 is 11.9 Å². The highest BCUT2D eigenvalue weighted by atomic mass is 15.4. The standard InChI is InChI=1S/C9H14N8/c1-2-4-11-7-13-8(16-10)15-9(14-7)17-6-3-5-12-17/h3,5-6H,2,4,10H2,1H3,(H2,11,13,14,15,16). The number of nitrogens with one attached hydrogen (secondary N) is 2. The summed E-state index contributed by atoms with van der Waals surface area (Å²) in [7, 11) is 0. The molecule has 2 aromatic rings. The number of rotatable bonds is 5. The Morgan fingerprint density at radius 1 is 1.29 bits per heavy atom. The summed E-state index contributed by atoms with van der Waals surface area (Å²) < 4.78 is 1.54. The molecule has 17 heavy (non-hydrogen) atoms. The van der Waals surface area contributed by atoms with E-state index < -0.39 is 0 Å². The number of aromatic nitrogens is 5. The van der Waals surface area contributed by atoms with E-state index in [1.165, 1.54) is 0 Å². The first-order valence-electron chi connectivity index (χ1n) is 5.30. The molecule has 0 saturated heterocycles. The first-order valence-corrected chi connectivity index (χ1v) is 5.30. The quantitative estimate of drug-likeness (QED) is 0.500. The molecule has 2 rings (SSSR count). The number of hydrazine groups is 1. The van der Waals surface area contributed by atoms with E-state index in [0.29, 0.717) is 17.8 Å². The Morgan fingerprint density at radius 3 is 2.76 bits per heavy atom. The summed E-state index contributed by atoms with van der Waals surface area (Å²) >= 11 is 0. The highest BCUT2D eigenvalue weighted by Gasteiger charge is 2.06. The van der Waals surface area contributed by atoms with Gasteiger partial charge in [-0.1, -0.05) is 6.92 Å². The van der Waals surface area contributed by atoms with Crippen molar-refractivity contribution in [2.75, 3.05) is 17.3 Å². The first-order chi connectivity index (χ1) is 8.33. The van der Waals surface area contributed by atoms with Gasteiger partial charge >= 0.3 is 0 Å². The number of nitrogens with two attached hydrogens (primary N) is 1. The highest BCUT2D eigenvalue weighted by Crippen LogP contribution is 2.07. The SMILES string of the molecule is CCCNc1nc(NN)nc(-n2cccn2)n1. The van der Waals surface area contributed by atoms with Gasteiger partial charge in [-0.05, 0) is 12.5 Å². The van der Waals surface area contributed by atoms with Crippen molar-refractivity contribution in [2.24, 2.45) is 5.84 Å². The second-order valence-corrected chi connectivity index (χ2v) is 3.30. The van der Waals surface area contributed by atoms with Gasteiger partial charge in [0.1, 0.15) is 0 Å². The molecule has 2 aromatic heterocycles. The minimum absolute atomic E-state index is 0.295. The Bertz CT molecular complexity index is 466. The van der Waals surface area contributed by atoms with Crippen LogP contribution in [0.1, 0.15) is 13.3 Å². The molecule has 0 saturated carbocycles. The monoisotopic (exact) mass is 234 g/mol. The Labute approximate surface area is 98.3 Å². The molecule has 0 aromatic carbocycles. The molecule has 0 aliphatic carbocycles. The minimum atomic E-state index is 0.295. The maximum Gasteiger partial charge on any atom is 0.257 e. The lowest BCUT2D eigenvalue weighted by Gasteiger charge is -2.07. The van der Waals surface area contributed by atoms with Crippen LogP contribution in [0.15, 0.2) is 18.5 Å². The fraction of sp³-hybridized carbons (Fsp3) is 0.333. The van der Waals surface area contributed by atoms with Crippen molar-refractivity contribution in [2.45, 2.75) is 13.3 Å². The molecule has 90 valence electrons. The third-order valence-electron chi connectivity index (χ3n) is 2.00. The number of hydrogen-bond acceptors (Lipinski definition) is 7. The van der Waals surface area contributed by atoms with E-state index in [0.717, 1.165) is 13.0 Å². The summed E-state index contributed by atoms with van der Waals surface area (Å²) in [5.41, 5.74) is 2.40. The Balaban J connectivity index is 2.32. The van der Waals surface area contributed by atoms with Gasteiger partial charge in [-0.3, -0.25) is 5.43 Å². The summed E-state index contributed by atoms with van der Waals surface area (Å²) in [6.45, 7) is 2.84. The van der Waals surface area contributed by atoms with Crippen LogP contribution in [0, 0.1) is 0 Å². The highest BCUT2D eigenvalue weighted by molar-refractivity contribution is 5.36. The average Bonchev–Trinajstić information content (AvgIpc) is 2.89. The minimum Gasteiger partial charge on any atom is -0.354 e. The van der Waals surface area contributed by atoms with E-state index in [4.69, 9.17) is 5.84 Å². The molecular formula is C9H14N8. The second-order valence-electron chi connectivity index (χ2n) is 3.30. The van der Waals surface area contributed by atoms with Crippen LogP contribution in [0.5, 0.6) is 0 Å². The Kier molecular flexibility index (Phi) is 3.46. The zero-order valence-electron chi connectivity index (χ0n) is 9.46. The summed E-state index contributed by atoms with van der Waals surface area (Å²) in [6, 6.07) is 1.79. The smallest absolute Gasteiger partial charge is 0.257 e. The molecule has 2 heterocycles. The van der Waals surface area contributed by atoms with E-state index in [1.54, 1.807) is 23.1 Å². The molecule has 0 atom stereocenters. The predicted octanol–water partition coefficient (Wildman–Crippen LogP) is 0.165. The number of anilines is 2. The van der Waals surface area contributed by atoms with Gasteiger partial charge in [0.15, 0.2) is 0 Å². The second kappa shape index (κ2) is 5.21. The van der Waals surface area contributed by atoms with E-state index in [1.807, 2.05) is 0 Å². The normalized spacial score (nSPS) is 10.2. The molecule has 8 heteroatoms. The summed E-state index contributed by atoms with van der Waals surface area (Å²) in [5, 5.41) is 7.12. The largest absolute Gasteiger partial charge is 0.354 e. The number of hydrogen-bond donors (Lipinski definition) is 3. The van der Waals surface area contributed by atoms with Crippen LogP contribution in [0.3, 0.4) is 0 Å². The van der Waals surface area contributed by atoms with Crippen LogP contribution in [-0.4, -0.2) is 31.3 Å². The van der Waals surface area contributed by atoms with Gasteiger partial charge in [-0.15, -0.1) is 0 Å². The van der Waals surface area contributed by atoms with E-state index >= 15 is 0 Å². The molecule has 0 unspecified atom stereocenters. The Hall–Kier alpha value is -2.22. The maximum atomic E-state index is 5.31. The van der Waals surface area contributed by atoms with Crippen molar-refractivity contribution in [3.8, 4) is 5.95 Å². The van der Waals surface area contributed by atoms with Gasteiger partial charge in [0, 0.05) is 18.9 Å². The molecule has 0 fully saturated rings. The zero-order valence-corrected chi connectivity index (χ0v) is 9.46. The van der Waals surface area contributed by atoms with Crippen LogP contribution in [0.25, 0.3) is 5.95 Å². The van der Waals surface area contributed by atoms with Gasteiger partial charge < -0.3 is 5.32 Å². The lowest BCUT2D eigenvalue weighted by molar-refractivity contribution is 0.794. The number of nitrogens with zero attached hydrogens (tertiary/aromatic N) is 5. The molecule has 4 N–H and O–H groups in total. The van der Waals surface area contributed by atoms with Crippen LogP contribution in [-0.2, 0) is 0 Å². The lowest BCUT2D eigenvalue weighted by atomic mass is 10.5. The number of nitrogen functional groups attached to an aromatic ring is 1. The van der Waals surface area contributed by atoms with Gasteiger partial charge in [0.2, 0.25) is 11.9 Å². The molecule has 0 aliphatic rings. The molecule has 0 bridgehead atoms. The van der Waals surface area contributed by atoms with Gasteiger partial charge in [0.05, 0.1) is 0 Å². The van der Waals surface area contributed by atoms with Crippen LogP contribution < -0.4 is 16.6 Å². The molecule has 0 spiro atoms. The van der Waals surface area contributed by atoms with Crippen molar-refractivity contribution in [3.63, 3.8) is 0 Å². The van der Waals surface area contributed by atoms with E-state index in [-0.39, 0.29) is 0 Å². The summed E-state index contributed by atoms with van der Waals surface area (Å²) in [6.07, 6.45) is 4.38. The zero-order chi connectivity index (χ0) is 12.1. The van der Waals surface area contributed by atoms with Crippen molar-refractivity contribution in [1.29, 1.82) is 0 Å². The predicted molar refractivity (Wildman–Crippen MR) is 63.5 cm³/mol. The fourth-order valence-electron chi connectivity index (χ4n) is 1.23. The molecule has 8 nitrogen and oxygen atoms in total. The molecule has 0 aliphatic heterocycles. The first kappa shape index (κ1) is 11.3. The van der Waals surface area contributed by atoms with Crippen LogP contribution in [0.4, 0.5) is 11.9 Å². The molecular weight excluding hydrogens is 220 g/mol. The summed E-state index contributed by atoms with van der Waals surface area (Å²) in [4.78, 5) is 12.4. The van der Waals surface area contributed by atoms with E-state index in [9.17, 15) is 0 Å². The average molecular weight is 234 g/mol. The van der Waals surface area contributed by atoms with Gasteiger partial charge in [-0.2, -0.15) is 20.1 Å². The van der Waals surface area contributed by atoms with Crippen molar-refractivity contribution < 1.29 is 0 Å². The lowest BCUT2D eigenvalue weighted by Crippen LogP contribution is -2.16. The third-order valence-corrected chi connectivity index (χ3v) is 2.00. The Morgan fingerprint density at radius 2 is 2.12 bits per heavy atom. The van der Waals surface area contributed by atoms with Crippen LogP contribution in [0.2, 0.25) is 0 Å². The summed E-state index contributed by atoms with van der Waals surface area (Å²) in [5.74, 6) is 6.49. The van der Waals surface area contributed by atoms with Gasteiger partial charge in [0.25, 0.3) is 5.95 Å². The van der Waals surface area contributed by atoms with Crippen LogP contribution >= 0.6 is 0 Å². The molecule has 0 radical (unpaired) electrons. The van der Waals surface area contributed by atoms with Crippen molar-refractivity contribution in [1.82, 2.24) is 24.7 Å². The van der Waals surface area contributed by atoms with Crippen molar-refractivity contribution in [3.05, 3.63) is 18.5 Å². The third kappa shape index (κ3) is 2.67. The molecule has 0 amide bonds. The fourth-order valence-corrected chi connectivity index (χ4v) is 1.23. The van der Waals surface area contributed by atoms with Gasteiger partial charge in [-0.25, -0.2) is 10.5 Å². The maximum absolute atomic E-state index is 5.31. The van der Waals surface area contributed by atoms with E-state index in [2.05, 4.69) is 37.7 Å².